The van der Waals surface area contributed by atoms with Crippen LogP contribution in [0.4, 0.5) is 23.2 Å². The number of halogens is 4. The van der Waals surface area contributed by atoms with Crippen molar-refractivity contribution in [3.63, 3.8) is 0 Å². The molecule has 0 radical (unpaired) electrons. The van der Waals surface area contributed by atoms with Crippen LogP contribution in [0.15, 0.2) is 47.2 Å². The third-order valence-electron chi connectivity index (χ3n) is 7.75. The van der Waals surface area contributed by atoms with Crippen LogP contribution in [-0.2, 0) is 18.6 Å². The molecule has 0 spiro atoms. The first kappa shape index (κ1) is 30.6. The van der Waals surface area contributed by atoms with Crippen LogP contribution in [0, 0.1) is 0 Å². The van der Waals surface area contributed by atoms with Crippen LogP contribution < -0.4 is 10.6 Å². The number of aromatic nitrogens is 4. The third-order valence-corrected chi connectivity index (χ3v) is 7.75. The van der Waals surface area contributed by atoms with E-state index < -0.39 is 24.9 Å². The topological polar surface area (TPSA) is 93.2 Å². The maximum absolute atomic E-state index is 15.1. The van der Waals surface area contributed by atoms with Gasteiger partial charge in [0, 0.05) is 48.1 Å². The van der Waals surface area contributed by atoms with Gasteiger partial charge in [-0.3, -0.25) is 9.69 Å². The van der Waals surface area contributed by atoms with Gasteiger partial charge in [-0.15, -0.1) is 0 Å². The summed E-state index contributed by atoms with van der Waals surface area (Å²) in [6, 6.07) is 7.95. The van der Waals surface area contributed by atoms with E-state index in [1.54, 1.807) is 36.5 Å². The highest BCUT2D eigenvalue weighted by Gasteiger charge is 2.33. The van der Waals surface area contributed by atoms with Gasteiger partial charge in [0.25, 0.3) is 5.91 Å². The van der Waals surface area contributed by atoms with Crippen molar-refractivity contribution < 1.29 is 26.9 Å². The summed E-state index contributed by atoms with van der Waals surface area (Å²) in [7, 11) is 0. The number of likely N-dealkylation sites (tertiary alicyclic amines) is 1. The molecule has 3 aromatic heterocycles. The molecule has 43 heavy (non-hydrogen) atoms. The van der Waals surface area contributed by atoms with Crippen LogP contribution in [-0.4, -0.2) is 67.6 Å². The van der Waals surface area contributed by atoms with Gasteiger partial charge in [-0.05, 0) is 65.3 Å². The molecular weight excluding hydrogens is 566 g/mol. The number of fused-ring (bicyclic) bond motifs is 1. The number of nitrogens with one attached hydrogen (secondary N) is 2. The summed E-state index contributed by atoms with van der Waals surface area (Å²) in [5.74, 6) is -0.365. The minimum atomic E-state index is -4.53. The molecule has 1 fully saturated rings. The van der Waals surface area contributed by atoms with Gasteiger partial charge in [0.05, 0.1) is 29.4 Å². The number of piperidine rings is 1. The first-order valence-electron chi connectivity index (χ1n) is 14.3. The first-order chi connectivity index (χ1) is 20.2. The van der Waals surface area contributed by atoms with Crippen molar-refractivity contribution in [2.75, 3.05) is 18.4 Å². The Hall–Kier alpha value is -3.87. The third kappa shape index (κ3) is 6.87. The number of amides is 1. The summed E-state index contributed by atoms with van der Waals surface area (Å²) in [6.45, 7) is 9.71. The van der Waals surface area contributed by atoms with Gasteiger partial charge in [-0.1, -0.05) is 11.2 Å². The number of hydrogen-bond donors (Lipinski definition) is 2. The van der Waals surface area contributed by atoms with E-state index in [-0.39, 0.29) is 48.0 Å². The van der Waals surface area contributed by atoms with E-state index in [2.05, 4.69) is 25.7 Å². The molecular formula is C30H37F4N7O2. The number of anilines is 1. The molecule has 0 saturated carbocycles. The number of hydrogen-bond acceptors (Lipinski definition) is 6. The van der Waals surface area contributed by atoms with E-state index in [1.807, 2.05) is 45.4 Å². The van der Waals surface area contributed by atoms with Gasteiger partial charge in [0.2, 0.25) is 11.7 Å². The van der Waals surface area contributed by atoms with Crippen LogP contribution in [0.5, 0.6) is 0 Å². The van der Waals surface area contributed by atoms with E-state index in [0.717, 1.165) is 11.1 Å². The zero-order valence-corrected chi connectivity index (χ0v) is 24.9. The summed E-state index contributed by atoms with van der Waals surface area (Å²) in [6.07, 6.45) is -1.56. The molecule has 232 valence electrons. The average Bonchev–Trinajstić information content (AvgIpc) is 3.67. The molecule has 2 N–H and O–H groups in total. The lowest BCUT2D eigenvalue weighted by atomic mass is 10.0. The number of carbonyl (C=O) groups is 1. The van der Waals surface area contributed by atoms with Gasteiger partial charge < -0.3 is 24.3 Å². The van der Waals surface area contributed by atoms with Gasteiger partial charge in [0.15, 0.2) is 0 Å². The molecule has 2 atom stereocenters. The molecule has 1 amide bonds. The maximum Gasteiger partial charge on any atom is 0.406 e. The van der Waals surface area contributed by atoms with Crippen LogP contribution >= 0.6 is 0 Å². The van der Waals surface area contributed by atoms with Gasteiger partial charge in [0.1, 0.15) is 12.7 Å². The smallest absolute Gasteiger partial charge is 0.379 e. The molecule has 4 heterocycles. The van der Waals surface area contributed by atoms with Crippen LogP contribution in [0.2, 0.25) is 0 Å². The standard InChI is InChI=1S/C30H37F4N7O2/c1-18(2)39-11-10-23(21(31)16-39)36-22-7-6-8-24-20(22)13-25(41(24)17-30(32,33)34)27-37-26(43-38-27)14-35-28(42)19-9-12-40(15-19)29(3,4)5/h6-9,12-13,15,18,21,23,36H,10-11,14,16-17H2,1-5H3,(H,35,42)/t21-,23+/m0/s1. The predicted molar refractivity (Wildman–Crippen MR) is 156 cm³/mol. The van der Waals surface area contributed by atoms with Gasteiger partial charge >= 0.3 is 6.18 Å². The Balaban J connectivity index is 1.38. The zero-order chi connectivity index (χ0) is 31.1. The summed E-state index contributed by atoms with van der Waals surface area (Å²) in [4.78, 5) is 19.0. The Morgan fingerprint density at radius 2 is 1.95 bits per heavy atom. The van der Waals surface area contributed by atoms with Gasteiger partial charge in [-0.2, -0.15) is 18.2 Å². The second kappa shape index (κ2) is 11.7. The molecule has 0 unspecified atom stereocenters. The molecule has 5 rings (SSSR count). The second-order valence-electron chi connectivity index (χ2n) is 12.3. The number of alkyl halides is 4. The van der Waals surface area contributed by atoms with Crippen molar-refractivity contribution in [2.45, 2.75) is 84.1 Å². The lowest BCUT2D eigenvalue weighted by Gasteiger charge is -2.37. The minimum Gasteiger partial charge on any atom is -0.379 e. The molecule has 1 aliphatic rings. The molecule has 1 aliphatic heterocycles. The summed E-state index contributed by atoms with van der Waals surface area (Å²) >= 11 is 0. The van der Waals surface area contributed by atoms with Crippen molar-refractivity contribution >= 4 is 22.5 Å². The molecule has 1 saturated heterocycles. The summed E-state index contributed by atoms with van der Waals surface area (Å²) < 4.78 is 64.5. The van der Waals surface area contributed by atoms with E-state index in [0.29, 0.717) is 28.6 Å². The highest BCUT2D eigenvalue weighted by atomic mass is 19.4. The van der Waals surface area contributed by atoms with Crippen LogP contribution in [0.3, 0.4) is 0 Å². The largest absolute Gasteiger partial charge is 0.406 e. The SMILES string of the molecule is CC(C)N1CC[C@@H](Nc2cccc3c2cc(-c2noc(CNC(=O)c4ccn(C(C)(C)C)c4)n2)n3CC(F)(F)F)[C@@H](F)C1. The van der Waals surface area contributed by atoms with Crippen LogP contribution in [0.1, 0.15) is 57.3 Å². The minimum absolute atomic E-state index is 0.0398. The maximum atomic E-state index is 15.1. The lowest BCUT2D eigenvalue weighted by molar-refractivity contribution is -0.139. The van der Waals surface area contributed by atoms with E-state index in [4.69, 9.17) is 4.52 Å². The van der Waals surface area contributed by atoms with Crippen molar-refractivity contribution in [1.82, 2.24) is 29.5 Å². The fraction of sp³-hybridized carbons (Fsp3) is 0.500. The fourth-order valence-corrected chi connectivity index (χ4v) is 5.34. The van der Waals surface area contributed by atoms with Crippen molar-refractivity contribution in [2.24, 2.45) is 0 Å². The number of nitrogens with zero attached hydrogens (tertiary/aromatic N) is 5. The second-order valence-corrected chi connectivity index (χ2v) is 12.3. The quantitative estimate of drug-likeness (QED) is 0.241. The molecule has 9 nitrogen and oxygen atoms in total. The Bertz CT molecular complexity index is 1580. The number of carbonyl (C=O) groups excluding carboxylic acids is 1. The Morgan fingerprint density at radius 1 is 1.19 bits per heavy atom. The van der Waals surface area contributed by atoms with Crippen molar-refractivity contribution in [3.05, 3.63) is 54.2 Å². The van der Waals surface area contributed by atoms with Crippen molar-refractivity contribution in [1.29, 1.82) is 0 Å². The Morgan fingerprint density at radius 3 is 2.60 bits per heavy atom. The van der Waals surface area contributed by atoms with Crippen molar-refractivity contribution in [3.8, 4) is 11.5 Å². The highest BCUT2D eigenvalue weighted by Crippen LogP contribution is 2.35. The summed E-state index contributed by atoms with van der Waals surface area (Å²) in [5.41, 5.74) is 1.18. The monoisotopic (exact) mass is 603 g/mol. The van der Waals surface area contributed by atoms with E-state index in [1.165, 1.54) is 0 Å². The number of benzene rings is 1. The molecule has 1 aromatic carbocycles. The highest BCUT2D eigenvalue weighted by molar-refractivity contribution is 5.96. The molecule has 0 aliphatic carbocycles. The average molecular weight is 604 g/mol. The van der Waals surface area contributed by atoms with E-state index >= 15 is 4.39 Å². The Kier molecular flexibility index (Phi) is 8.30. The fourth-order valence-electron chi connectivity index (χ4n) is 5.34. The zero-order valence-electron chi connectivity index (χ0n) is 24.9. The van der Waals surface area contributed by atoms with Crippen LogP contribution in [0.25, 0.3) is 22.4 Å². The summed E-state index contributed by atoms with van der Waals surface area (Å²) in [5, 5.41) is 10.4. The number of rotatable bonds is 8. The molecule has 0 bridgehead atoms. The lowest BCUT2D eigenvalue weighted by Crippen LogP contribution is -2.50. The predicted octanol–water partition coefficient (Wildman–Crippen LogP) is 5.97. The molecule has 13 heteroatoms. The Labute approximate surface area is 247 Å². The van der Waals surface area contributed by atoms with Gasteiger partial charge in [-0.25, -0.2) is 4.39 Å². The molecule has 4 aromatic rings. The van der Waals surface area contributed by atoms with E-state index in [9.17, 15) is 18.0 Å². The normalized spacial score (nSPS) is 18.5. The first-order valence-corrected chi connectivity index (χ1v) is 14.3.